The maximum Gasteiger partial charge on any atom is 0.0645 e. The van der Waals surface area contributed by atoms with E-state index >= 15 is 0 Å². The van der Waals surface area contributed by atoms with Crippen molar-refractivity contribution in [3.63, 3.8) is 0 Å². The van der Waals surface area contributed by atoms with Crippen LogP contribution in [0.1, 0.15) is 18.4 Å². The van der Waals surface area contributed by atoms with E-state index in [2.05, 4.69) is 46.6 Å². The van der Waals surface area contributed by atoms with Gasteiger partial charge in [0, 0.05) is 38.1 Å². The fourth-order valence-electron chi connectivity index (χ4n) is 2.37. The molecule has 0 amide bonds. The third-order valence-corrected chi connectivity index (χ3v) is 3.85. The molecule has 0 spiro atoms. The van der Waals surface area contributed by atoms with E-state index in [1.54, 1.807) is 6.20 Å². The van der Waals surface area contributed by atoms with Gasteiger partial charge in [0.1, 0.15) is 0 Å². The van der Waals surface area contributed by atoms with Gasteiger partial charge in [-0.25, -0.2) is 4.68 Å². The monoisotopic (exact) mass is 270 g/mol. The van der Waals surface area contributed by atoms with Crippen LogP contribution in [0.3, 0.4) is 0 Å². The Morgan fingerprint density at radius 2 is 2.10 bits per heavy atom. The standard InChI is InChI=1S/C16H22N4/c1-19(15-7-8-15)12-10-17-13-14-3-5-16(6-4-14)20-11-2-9-18-20/h2-6,9,11,15,17H,7-8,10,12-13H2,1H3. The summed E-state index contributed by atoms with van der Waals surface area (Å²) >= 11 is 0. The van der Waals surface area contributed by atoms with Gasteiger partial charge in [0.2, 0.25) is 0 Å². The van der Waals surface area contributed by atoms with Gasteiger partial charge < -0.3 is 10.2 Å². The first-order valence-electron chi connectivity index (χ1n) is 7.33. The van der Waals surface area contributed by atoms with Gasteiger partial charge in [-0.2, -0.15) is 5.10 Å². The molecule has 1 aromatic heterocycles. The molecule has 4 heteroatoms. The number of nitrogens with zero attached hydrogens (tertiary/aromatic N) is 3. The largest absolute Gasteiger partial charge is 0.311 e. The normalized spacial score (nSPS) is 14.9. The molecular formula is C16H22N4. The second kappa shape index (κ2) is 6.20. The van der Waals surface area contributed by atoms with E-state index < -0.39 is 0 Å². The van der Waals surface area contributed by atoms with Crippen LogP contribution in [-0.4, -0.2) is 40.9 Å². The van der Waals surface area contributed by atoms with Gasteiger partial charge in [0.15, 0.2) is 0 Å². The van der Waals surface area contributed by atoms with Gasteiger partial charge in [0.25, 0.3) is 0 Å². The molecule has 1 aliphatic carbocycles. The summed E-state index contributed by atoms with van der Waals surface area (Å²) in [4.78, 5) is 2.45. The highest BCUT2D eigenvalue weighted by Crippen LogP contribution is 2.24. The first-order valence-corrected chi connectivity index (χ1v) is 7.33. The minimum absolute atomic E-state index is 0.852. The lowest BCUT2D eigenvalue weighted by Crippen LogP contribution is -2.30. The third kappa shape index (κ3) is 3.46. The summed E-state index contributed by atoms with van der Waals surface area (Å²) in [5.41, 5.74) is 2.42. The van der Waals surface area contributed by atoms with E-state index in [1.807, 2.05) is 16.9 Å². The van der Waals surface area contributed by atoms with Gasteiger partial charge in [-0.15, -0.1) is 0 Å². The summed E-state index contributed by atoms with van der Waals surface area (Å²) in [7, 11) is 2.22. The van der Waals surface area contributed by atoms with Crippen molar-refractivity contribution in [2.45, 2.75) is 25.4 Å². The van der Waals surface area contributed by atoms with Gasteiger partial charge in [-0.1, -0.05) is 12.1 Å². The van der Waals surface area contributed by atoms with Crippen LogP contribution in [0.5, 0.6) is 0 Å². The molecule has 1 aliphatic rings. The van der Waals surface area contributed by atoms with Gasteiger partial charge in [0.05, 0.1) is 5.69 Å². The van der Waals surface area contributed by atoms with Gasteiger partial charge in [-0.3, -0.25) is 0 Å². The van der Waals surface area contributed by atoms with E-state index in [9.17, 15) is 0 Å². The molecule has 1 aromatic carbocycles. The van der Waals surface area contributed by atoms with Crippen LogP contribution in [0, 0.1) is 0 Å². The first-order chi connectivity index (χ1) is 9.83. The van der Waals surface area contributed by atoms with Crippen molar-refractivity contribution >= 4 is 0 Å². The lowest BCUT2D eigenvalue weighted by atomic mass is 10.2. The van der Waals surface area contributed by atoms with E-state index in [4.69, 9.17) is 0 Å². The number of benzene rings is 1. The fraction of sp³-hybridized carbons (Fsp3) is 0.438. The van der Waals surface area contributed by atoms with Crippen molar-refractivity contribution in [2.75, 3.05) is 20.1 Å². The summed E-state index contributed by atoms with van der Waals surface area (Å²) in [5, 5.41) is 7.73. The van der Waals surface area contributed by atoms with Crippen LogP contribution in [0.15, 0.2) is 42.7 Å². The van der Waals surface area contributed by atoms with E-state index in [0.29, 0.717) is 0 Å². The molecule has 0 aliphatic heterocycles. The second-order valence-electron chi connectivity index (χ2n) is 5.51. The molecule has 0 bridgehead atoms. The molecule has 3 rings (SSSR count). The minimum atomic E-state index is 0.852. The smallest absolute Gasteiger partial charge is 0.0645 e. The number of likely N-dealkylation sites (N-methyl/N-ethyl adjacent to an activating group) is 1. The number of hydrogen-bond donors (Lipinski definition) is 1. The average Bonchev–Trinajstić information content (AvgIpc) is 3.19. The Hall–Kier alpha value is -1.65. The molecule has 4 nitrogen and oxygen atoms in total. The molecule has 0 saturated heterocycles. The Morgan fingerprint density at radius 1 is 1.30 bits per heavy atom. The van der Waals surface area contributed by atoms with Crippen LogP contribution in [-0.2, 0) is 6.54 Å². The van der Waals surface area contributed by atoms with Gasteiger partial charge in [-0.05, 0) is 43.7 Å². The lowest BCUT2D eigenvalue weighted by molar-refractivity contribution is 0.321. The second-order valence-corrected chi connectivity index (χ2v) is 5.51. The highest BCUT2D eigenvalue weighted by molar-refractivity contribution is 5.33. The van der Waals surface area contributed by atoms with Crippen molar-refractivity contribution < 1.29 is 0 Å². The topological polar surface area (TPSA) is 33.1 Å². The van der Waals surface area contributed by atoms with Crippen LogP contribution in [0.25, 0.3) is 5.69 Å². The van der Waals surface area contributed by atoms with Crippen LogP contribution in [0.4, 0.5) is 0 Å². The van der Waals surface area contributed by atoms with Crippen molar-refractivity contribution in [3.8, 4) is 5.69 Å². The molecular weight excluding hydrogens is 248 g/mol. The molecule has 2 aromatic rings. The molecule has 1 saturated carbocycles. The molecule has 20 heavy (non-hydrogen) atoms. The number of hydrogen-bond acceptors (Lipinski definition) is 3. The van der Waals surface area contributed by atoms with Crippen molar-refractivity contribution in [3.05, 3.63) is 48.3 Å². The van der Waals surface area contributed by atoms with Crippen molar-refractivity contribution in [2.24, 2.45) is 0 Å². The summed E-state index contributed by atoms with van der Waals surface area (Å²) in [6.45, 7) is 3.11. The highest BCUT2D eigenvalue weighted by Gasteiger charge is 2.25. The average molecular weight is 270 g/mol. The maximum absolute atomic E-state index is 4.23. The predicted octanol–water partition coefficient (Wildman–Crippen LogP) is 2.06. The SMILES string of the molecule is CN(CCNCc1ccc(-n2cccn2)cc1)C1CC1. The molecule has 0 atom stereocenters. The summed E-state index contributed by atoms with van der Waals surface area (Å²) < 4.78 is 1.88. The quantitative estimate of drug-likeness (QED) is 0.782. The molecule has 1 heterocycles. The number of aromatic nitrogens is 2. The minimum Gasteiger partial charge on any atom is -0.311 e. The van der Waals surface area contributed by atoms with Crippen LogP contribution < -0.4 is 5.32 Å². The number of rotatable bonds is 7. The summed E-state index contributed by atoms with van der Waals surface area (Å²) in [6, 6.07) is 11.3. The van der Waals surface area contributed by atoms with E-state index in [-0.39, 0.29) is 0 Å². The molecule has 0 radical (unpaired) electrons. The van der Waals surface area contributed by atoms with Crippen molar-refractivity contribution in [1.82, 2.24) is 20.0 Å². The first kappa shape index (κ1) is 13.3. The maximum atomic E-state index is 4.23. The van der Waals surface area contributed by atoms with Crippen molar-refractivity contribution in [1.29, 1.82) is 0 Å². The van der Waals surface area contributed by atoms with Crippen LogP contribution >= 0.6 is 0 Å². The Balaban J connectivity index is 1.43. The third-order valence-electron chi connectivity index (χ3n) is 3.85. The Labute approximate surface area is 120 Å². The molecule has 1 N–H and O–H groups in total. The molecule has 0 unspecified atom stereocenters. The molecule has 1 fully saturated rings. The summed E-state index contributed by atoms with van der Waals surface area (Å²) in [5.74, 6) is 0. The highest BCUT2D eigenvalue weighted by atomic mass is 15.3. The Morgan fingerprint density at radius 3 is 2.75 bits per heavy atom. The Kier molecular flexibility index (Phi) is 4.14. The number of nitrogens with one attached hydrogen (secondary N) is 1. The van der Waals surface area contributed by atoms with Gasteiger partial charge >= 0.3 is 0 Å². The predicted molar refractivity (Wildman–Crippen MR) is 80.9 cm³/mol. The van der Waals surface area contributed by atoms with E-state index in [1.165, 1.54) is 18.4 Å². The zero-order valence-corrected chi connectivity index (χ0v) is 12.0. The fourth-order valence-corrected chi connectivity index (χ4v) is 2.37. The zero-order chi connectivity index (χ0) is 13.8. The molecule has 106 valence electrons. The Bertz CT molecular complexity index is 514. The van der Waals surface area contributed by atoms with E-state index in [0.717, 1.165) is 31.4 Å². The van der Waals surface area contributed by atoms with Crippen LogP contribution in [0.2, 0.25) is 0 Å². The lowest BCUT2D eigenvalue weighted by Gasteiger charge is -2.15. The zero-order valence-electron chi connectivity index (χ0n) is 12.0. The summed E-state index contributed by atoms with van der Waals surface area (Å²) in [6.07, 6.45) is 6.52.